The minimum atomic E-state index is -0.250. The SMILES string of the molecule is O=CO.[MgH2].c1ccoc1. The summed E-state index contributed by atoms with van der Waals surface area (Å²) in [6.45, 7) is -0.250. The molecule has 1 heterocycles. The molecule has 0 saturated carbocycles. The lowest BCUT2D eigenvalue weighted by atomic mass is 10.7. The van der Waals surface area contributed by atoms with Crippen molar-refractivity contribution in [2.45, 2.75) is 0 Å². The van der Waals surface area contributed by atoms with E-state index in [4.69, 9.17) is 9.90 Å². The quantitative estimate of drug-likeness (QED) is 0.410. The molecule has 9 heavy (non-hydrogen) atoms. The Hall–Kier alpha value is -0.484. The van der Waals surface area contributed by atoms with Crippen molar-refractivity contribution >= 4 is 29.5 Å². The summed E-state index contributed by atoms with van der Waals surface area (Å²) in [5.74, 6) is 0. The van der Waals surface area contributed by atoms with E-state index in [9.17, 15) is 0 Å². The number of rotatable bonds is 0. The van der Waals surface area contributed by atoms with Crippen molar-refractivity contribution < 1.29 is 14.3 Å². The lowest BCUT2D eigenvalue weighted by Crippen LogP contribution is -1.49. The molecule has 0 amide bonds. The second kappa shape index (κ2) is 10.5. The maximum Gasteiger partial charge on any atom is 0.316 e. The Morgan fingerprint density at radius 1 is 1.33 bits per heavy atom. The zero-order chi connectivity index (χ0) is 6.24. The van der Waals surface area contributed by atoms with E-state index in [-0.39, 0.29) is 29.5 Å². The van der Waals surface area contributed by atoms with Crippen LogP contribution in [0.2, 0.25) is 0 Å². The van der Waals surface area contributed by atoms with E-state index in [2.05, 4.69) is 4.42 Å². The van der Waals surface area contributed by atoms with Gasteiger partial charge in [-0.2, -0.15) is 0 Å². The molecule has 0 fully saturated rings. The molecule has 0 spiro atoms. The Balaban J connectivity index is 0. The zero-order valence-corrected chi connectivity index (χ0v) is 4.15. The molecule has 0 bridgehead atoms. The highest BCUT2D eigenvalue weighted by atomic mass is 24.3. The van der Waals surface area contributed by atoms with Crippen LogP contribution in [0.3, 0.4) is 0 Å². The first-order valence-corrected chi connectivity index (χ1v) is 1.97. The van der Waals surface area contributed by atoms with Gasteiger partial charge in [0.1, 0.15) is 0 Å². The minimum absolute atomic E-state index is 0. The second-order valence-electron chi connectivity index (χ2n) is 0.899. The van der Waals surface area contributed by atoms with Crippen molar-refractivity contribution in [3.63, 3.8) is 0 Å². The van der Waals surface area contributed by atoms with Gasteiger partial charge in [-0.3, -0.25) is 4.79 Å². The summed E-state index contributed by atoms with van der Waals surface area (Å²) >= 11 is 0. The molecular formula is C5H8MgO3. The summed E-state index contributed by atoms with van der Waals surface area (Å²) in [4.78, 5) is 8.36. The first-order chi connectivity index (χ1) is 3.91. The van der Waals surface area contributed by atoms with Gasteiger partial charge in [-0.25, -0.2) is 0 Å². The maximum absolute atomic E-state index is 8.36. The minimum Gasteiger partial charge on any atom is -0.483 e. The molecular weight excluding hydrogens is 132 g/mol. The van der Waals surface area contributed by atoms with Gasteiger partial charge in [0.05, 0.1) is 12.5 Å². The Bertz CT molecular complexity index is 98.5. The van der Waals surface area contributed by atoms with Gasteiger partial charge in [-0.1, -0.05) is 0 Å². The normalized spacial score (nSPS) is 5.78. The van der Waals surface area contributed by atoms with Gasteiger partial charge >= 0.3 is 23.1 Å². The highest BCUT2D eigenvalue weighted by molar-refractivity contribution is 5.75. The molecule has 48 valence electrons. The van der Waals surface area contributed by atoms with E-state index in [1.807, 2.05) is 12.1 Å². The summed E-state index contributed by atoms with van der Waals surface area (Å²) in [5.41, 5.74) is 0. The lowest BCUT2D eigenvalue weighted by molar-refractivity contribution is -0.122. The molecule has 1 rings (SSSR count). The molecule has 0 unspecified atom stereocenters. The van der Waals surface area contributed by atoms with E-state index in [1.165, 1.54) is 0 Å². The molecule has 0 aliphatic carbocycles. The number of furan rings is 1. The van der Waals surface area contributed by atoms with Crippen molar-refractivity contribution in [1.29, 1.82) is 0 Å². The third kappa shape index (κ3) is 11.2. The Morgan fingerprint density at radius 3 is 1.78 bits per heavy atom. The van der Waals surface area contributed by atoms with Crippen LogP contribution in [0.5, 0.6) is 0 Å². The summed E-state index contributed by atoms with van der Waals surface area (Å²) in [7, 11) is 0. The van der Waals surface area contributed by atoms with Gasteiger partial charge in [0.2, 0.25) is 0 Å². The molecule has 0 atom stereocenters. The Morgan fingerprint density at radius 2 is 1.67 bits per heavy atom. The molecule has 4 heteroatoms. The van der Waals surface area contributed by atoms with Crippen LogP contribution in [-0.2, 0) is 4.79 Å². The lowest BCUT2D eigenvalue weighted by Gasteiger charge is -1.50. The molecule has 0 aliphatic heterocycles. The fourth-order valence-electron chi connectivity index (χ4n) is 0.227. The Labute approximate surface area is 68.8 Å². The van der Waals surface area contributed by atoms with Crippen LogP contribution < -0.4 is 0 Å². The van der Waals surface area contributed by atoms with E-state index < -0.39 is 0 Å². The Kier molecular flexibility index (Phi) is 13.2. The second-order valence-corrected chi connectivity index (χ2v) is 0.899. The van der Waals surface area contributed by atoms with E-state index in [0.717, 1.165) is 0 Å². The molecule has 0 aliphatic rings. The van der Waals surface area contributed by atoms with Crippen LogP contribution >= 0.6 is 0 Å². The van der Waals surface area contributed by atoms with Gasteiger partial charge in [0, 0.05) is 0 Å². The van der Waals surface area contributed by atoms with Gasteiger partial charge in [-0.05, 0) is 12.1 Å². The smallest absolute Gasteiger partial charge is 0.316 e. The summed E-state index contributed by atoms with van der Waals surface area (Å²) in [6, 6.07) is 3.67. The molecule has 0 saturated heterocycles. The number of hydrogen-bond acceptors (Lipinski definition) is 2. The third-order valence-electron chi connectivity index (χ3n) is 0.425. The fraction of sp³-hybridized carbons (Fsp3) is 0. The summed E-state index contributed by atoms with van der Waals surface area (Å²) < 4.78 is 4.58. The van der Waals surface area contributed by atoms with E-state index >= 15 is 0 Å². The highest BCUT2D eigenvalue weighted by Crippen LogP contribution is 1.79. The van der Waals surface area contributed by atoms with Gasteiger partial charge < -0.3 is 9.52 Å². The largest absolute Gasteiger partial charge is 0.483 e. The van der Waals surface area contributed by atoms with Crippen LogP contribution in [0.25, 0.3) is 0 Å². The van der Waals surface area contributed by atoms with Crippen LogP contribution in [-0.4, -0.2) is 34.6 Å². The van der Waals surface area contributed by atoms with E-state index in [0.29, 0.717) is 0 Å². The standard InChI is InChI=1S/C4H4O.CH2O2.Mg.2H/c1-2-4-5-3-1;2-1-3;;;/h1-4H;1H,(H,2,3);;;. The number of hydrogen-bond donors (Lipinski definition) is 1. The number of carbonyl (C=O) groups is 1. The summed E-state index contributed by atoms with van der Waals surface area (Å²) in [6.07, 6.45) is 3.25. The first-order valence-electron chi connectivity index (χ1n) is 1.97. The molecule has 1 aromatic rings. The predicted octanol–water partition coefficient (Wildman–Crippen LogP) is 0.0642. The predicted molar refractivity (Wildman–Crippen MR) is 35.9 cm³/mol. The highest BCUT2D eigenvalue weighted by Gasteiger charge is 1.58. The molecule has 3 nitrogen and oxygen atoms in total. The van der Waals surface area contributed by atoms with Gasteiger partial charge in [-0.15, -0.1) is 0 Å². The zero-order valence-electron chi connectivity index (χ0n) is 4.15. The monoisotopic (exact) mass is 140 g/mol. The van der Waals surface area contributed by atoms with Crippen LogP contribution in [0.15, 0.2) is 29.1 Å². The van der Waals surface area contributed by atoms with Crippen molar-refractivity contribution in [2.75, 3.05) is 0 Å². The maximum atomic E-state index is 8.36. The number of carboxylic acid groups (broad SMARTS) is 1. The topological polar surface area (TPSA) is 50.4 Å². The molecule has 0 aromatic carbocycles. The van der Waals surface area contributed by atoms with Crippen molar-refractivity contribution in [2.24, 2.45) is 0 Å². The summed E-state index contributed by atoms with van der Waals surface area (Å²) in [5, 5.41) is 6.89. The van der Waals surface area contributed by atoms with Crippen molar-refractivity contribution in [3.05, 3.63) is 24.7 Å². The average Bonchev–Trinajstić information content (AvgIpc) is 2.17. The fourth-order valence-corrected chi connectivity index (χ4v) is 0.227. The molecule has 1 N–H and O–H groups in total. The van der Waals surface area contributed by atoms with Crippen LogP contribution in [0, 0.1) is 0 Å². The first kappa shape index (κ1) is 11.3. The molecule has 1 aromatic heterocycles. The van der Waals surface area contributed by atoms with Crippen LogP contribution in [0.4, 0.5) is 0 Å². The van der Waals surface area contributed by atoms with E-state index in [1.54, 1.807) is 12.5 Å². The van der Waals surface area contributed by atoms with Gasteiger partial charge in [0.15, 0.2) is 0 Å². The third-order valence-corrected chi connectivity index (χ3v) is 0.425. The molecule has 0 radical (unpaired) electrons. The van der Waals surface area contributed by atoms with Crippen molar-refractivity contribution in [3.8, 4) is 0 Å². The van der Waals surface area contributed by atoms with Crippen molar-refractivity contribution in [1.82, 2.24) is 0 Å². The van der Waals surface area contributed by atoms with Gasteiger partial charge in [0.25, 0.3) is 6.47 Å². The van der Waals surface area contributed by atoms with Crippen LogP contribution in [0.1, 0.15) is 0 Å². The average molecular weight is 140 g/mol.